The molecule has 0 fully saturated rings. The molecule has 2 amide bonds. The predicted octanol–water partition coefficient (Wildman–Crippen LogP) is 7.16. The maximum atomic E-state index is 14.5. The van der Waals surface area contributed by atoms with E-state index < -0.39 is 28.5 Å². The molecule has 0 aliphatic carbocycles. The van der Waals surface area contributed by atoms with Crippen molar-refractivity contribution < 1.29 is 18.0 Å². The van der Waals surface area contributed by atoms with Crippen LogP contribution in [0.2, 0.25) is 5.02 Å². The van der Waals surface area contributed by atoms with E-state index in [1.54, 1.807) is 24.3 Å². The summed E-state index contributed by atoms with van der Waals surface area (Å²) in [5.41, 5.74) is 2.94. The number of halogens is 2. The Morgan fingerprint density at radius 2 is 1.56 bits per heavy atom. The predicted molar refractivity (Wildman–Crippen MR) is 184 cm³/mol. The number of amides is 2. The summed E-state index contributed by atoms with van der Waals surface area (Å²) in [5, 5.41) is 3.40. The second kappa shape index (κ2) is 16.1. The Kier molecular flexibility index (Phi) is 12.2. The van der Waals surface area contributed by atoms with Gasteiger partial charge in [0.2, 0.25) is 11.8 Å². The van der Waals surface area contributed by atoms with Crippen molar-refractivity contribution in [2.75, 3.05) is 17.4 Å². The number of hydrogen-bond donors (Lipinski definition) is 1. The van der Waals surface area contributed by atoms with Crippen LogP contribution in [-0.4, -0.2) is 44.3 Å². The minimum absolute atomic E-state index is 0.00282. The first-order valence-corrected chi connectivity index (χ1v) is 17.4. The molecular weight excluding hydrogens is 674 g/mol. The van der Waals surface area contributed by atoms with E-state index in [1.165, 1.54) is 29.2 Å². The van der Waals surface area contributed by atoms with Gasteiger partial charge in [-0.1, -0.05) is 101 Å². The van der Waals surface area contributed by atoms with Crippen molar-refractivity contribution >= 4 is 55.1 Å². The number of aryl methyl sites for hydroxylation is 1. The first kappa shape index (κ1) is 34.2. The van der Waals surface area contributed by atoms with E-state index in [1.807, 2.05) is 68.4 Å². The molecule has 0 heterocycles. The topological polar surface area (TPSA) is 86.8 Å². The molecule has 4 rings (SSSR count). The third-order valence-corrected chi connectivity index (χ3v) is 9.88. The molecule has 0 aliphatic heterocycles. The number of sulfonamides is 1. The summed E-state index contributed by atoms with van der Waals surface area (Å²) >= 11 is 9.56. The molecule has 0 radical (unpaired) electrons. The number of rotatable bonds is 14. The molecule has 0 aromatic heterocycles. The zero-order valence-corrected chi connectivity index (χ0v) is 28.5. The van der Waals surface area contributed by atoms with Crippen LogP contribution in [0.3, 0.4) is 0 Å². The number of anilines is 1. The van der Waals surface area contributed by atoms with Gasteiger partial charge >= 0.3 is 0 Å². The van der Waals surface area contributed by atoms with Crippen LogP contribution >= 0.6 is 27.5 Å². The SMILES string of the molecule is CCCCNC(=O)C(Cc1ccccc1)N(Cc1cccc(Br)c1)C(=O)CN(c1ccc(C)cc1)S(=O)(=O)c1ccc(Cl)cc1. The van der Waals surface area contributed by atoms with Crippen molar-refractivity contribution in [3.05, 3.63) is 129 Å². The summed E-state index contributed by atoms with van der Waals surface area (Å²) in [6.45, 7) is 3.99. The van der Waals surface area contributed by atoms with Gasteiger partial charge in [-0.25, -0.2) is 8.42 Å². The molecular formula is C35H37BrClN3O4S. The summed E-state index contributed by atoms with van der Waals surface area (Å²) in [6, 6.07) is 28.9. The maximum absolute atomic E-state index is 14.5. The maximum Gasteiger partial charge on any atom is 0.264 e. The first-order chi connectivity index (χ1) is 21.6. The number of nitrogens with one attached hydrogen (secondary N) is 1. The average molecular weight is 711 g/mol. The van der Waals surface area contributed by atoms with Gasteiger partial charge < -0.3 is 10.2 Å². The summed E-state index contributed by atoms with van der Waals surface area (Å²) in [4.78, 5) is 29.8. The summed E-state index contributed by atoms with van der Waals surface area (Å²) in [7, 11) is -4.20. The smallest absolute Gasteiger partial charge is 0.264 e. The van der Waals surface area contributed by atoms with Crippen LogP contribution in [0.15, 0.2) is 112 Å². The molecule has 0 saturated heterocycles. The lowest BCUT2D eigenvalue weighted by Crippen LogP contribution is -2.53. The molecule has 7 nitrogen and oxygen atoms in total. The Bertz CT molecular complexity index is 1680. The van der Waals surface area contributed by atoms with E-state index in [0.717, 1.165) is 38.3 Å². The normalized spacial score (nSPS) is 11.9. The van der Waals surface area contributed by atoms with Gasteiger partial charge in [-0.2, -0.15) is 0 Å². The Morgan fingerprint density at radius 3 is 2.20 bits per heavy atom. The number of carbonyl (C=O) groups is 2. The quantitative estimate of drug-likeness (QED) is 0.141. The Hall–Kier alpha value is -3.66. The lowest BCUT2D eigenvalue weighted by Gasteiger charge is -2.34. The van der Waals surface area contributed by atoms with Crippen molar-refractivity contribution in [3.8, 4) is 0 Å². The highest BCUT2D eigenvalue weighted by atomic mass is 79.9. The largest absolute Gasteiger partial charge is 0.354 e. The summed E-state index contributed by atoms with van der Waals surface area (Å²) in [6.07, 6.45) is 1.95. The lowest BCUT2D eigenvalue weighted by molar-refractivity contribution is -0.140. The van der Waals surface area contributed by atoms with Crippen LogP contribution in [0.4, 0.5) is 5.69 Å². The van der Waals surface area contributed by atoms with Crippen LogP contribution in [0.1, 0.15) is 36.5 Å². The van der Waals surface area contributed by atoms with E-state index in [9.17, 15) is 18.0 Å². The fraction of sp³-hybridized carbons (Fsp3) is 0.257. The Labute approximate surface area is 279 Å². The minimum atomic E-state index is -4.20. The molecule has 0 spiro atoms. The van der Waals surface area contributed by atoms with E-state index >= 15 is 0 Å². The molecule has 4 aromatic carbocycles. The highest BCUT2D eigenvalue weighted by Gasteiger charge is 2.34. The van der Waals surface area contributed by atoms with Gasteiger partial charge in [-0.05, 0) is 73.0 Å². The molecule has 1 N–H and O–H groups in total. The van der Waals surface area contributed by atoms with Crippen molar-refractivity contribution in [2.45, 2.75) is 50.6 Å². The van der Waals surface area contributed by atoms with E-state index in [4.69, 9.17) is 11.6 Å². The van der Waals surface area contributed by atoms with Gasteiger partial charge in [0.1, 0.15) is 12.6 Å². The van der Waals surface area contributed by atoms with Crippen LogP contribution in [0.25, 0.3) is 0 Å². The van der Waals surface area contributed by atoms with Crippen LogP contribution in [0, 0.1) is 6.92 Å². The number of hydrogen-bond acceptors (Lipinski definition) is 4. The van der Waals surface area contributed by atoms with E-state index in [2.05, 4.69) is 21.2 Å². The third-order valence-electron chi connectivity index (χ3n) is 7.35. The highest BCUT2D eigenvalue weighted by Crippen LogP contribution is 2.26. The third kappa shape index (κ3) is 9.42. The van der Waals surface area contributed by atoms with E-state index in [-0.39, 0.29) is 23.8 Å². The Morgan fingerprint density at radius 1 is 0.889 bits per heavy atom. The fourth-order valence-electron chi connectivity index (χ4n) is 4.87. The highest BCUT2D eigenvalue weighted by molar-refractivity contribution is 9.10. The Balaban J connectivity index is 1.78. The summed E-state index contributed by atoms with van der Waals surface area (Å²) < 4.78 is 30.1. The molecule has 1 unspecified atom stereocenters. The van der Waals surface area contributed by atoms with Crippen molar-refractivity contribution in [3.63, 3.8) is 0 Å². The number of benzene rings is 4. The monoisotopic (exact) mass is 709 g/mol. The van der Waals surface area contributed by atoms with Gasteiger partial charge in [-0.3, -0.25) is 13.9 Å². The van der Waals surface area contributed by atoms with E-state index in [0.29, 0.717) is 17.3 Å². The standard InChI is InChI=1S/C35H37BrClN3O4S/c1-3-4-21-38-35(42)33(23-27-9-6-5-7-10-27)39(24-28-11-8-12-29(36)22-28)34(41)25-40(31-17-13-26(2)14-18-31)45(43,44)32-19-15-30(37)16-20-32/h5-20,22,33H,3-4,21,23-25H2,1-2H3,(H,38,42). The summed E-state index contributed by atoms with van der Waals surface area (Å²) in [5.74, 6) is -0.808. The fourth-order valence-corrected chi connectivity index (χ4v) is 6.85. The van der Waals surface area contributed by atoms with Gasteiger partial charge in [0.15, 0.2) is 0 Å². The zero-order valence-electron chi connectivity index (χ0n) is 25.3. The number of unbranched alkanes of at least 4 members (excludes halogenated alkanes) is 1. The van der Waals surface area contributed by atoms with Gasteiger partial charge in [-0.15, -0.1) is 0 Å². The molecule has 4 aromatic rings. The van der Waals surface area contributed by atoms with Crippen molar-refractivity contribution in [1.82, 2.24) is 10.2 Å². The van der Waals surface area contributed by atoms with Crippen LogP contribution in [-0.2, 0) is 32.6 Å². The zero-order chi connectivity index (χ0) is 32.4. The van der Waals surface area contributed by atoms with Crippen LogP contribution < -0.4 is 9.62 Å². The number of carbonyl (C=O) groups excluding carboxylic acids is 2. The van der Waals surface area contributed by atoms with Crippen LogP contribution in [0.5, 0.6) is 0 Å². The average Bonchev–Trinajstić information content (AvgIpc) is 3.02. The van der Waals surface area contributed by atoms with Gasteiger partial charge in [0.05, 0.1) is 10.6 Å². The second-order valence-electron chi connectivity index (χ2n) is 10.8. The van der Waals surface area contributed by atoms with Crippen molar-refractivity contribution in [1.29, 1.82) is 0 Å². The first-order valence-electron chi connectivity index (χ1n) is 14.8. The second-order valence-corrected chi connectivity index (χ2v) is 14.0. The number of nitrogens with zero attached hydrogens (tertiary/aromatic N) is 2. The molecule has 236 valence electrons. The molecule has 0 aliphatic rings. The lowest BCUT2D eigenvalue weighted by atomic mass is 10.0. The molecule has 10 heteroatoms. The molecule has 45 heavy (non-hydrogen) atoms. The molecule has 0 bridgehead atoms. The van der Waals surface area contributed by atoms with Gasteiger partial charge in [0, 0.05) is 29.0 Å². The minimum Gasteiger partial charge on any atom is -0.354 e. The molecule has 1 atom stereocenters. The van der Waals surface area contributed by atoms with Crippen molar-refractivity contribution in [2.24, 2.45) is 0 Å². The molecule has 0 saturated carbocycles. The van der Waals surface area contributed by atoms with Gasteiger partial charge in [0.25, 0.3) is 10.0 Å².